The minimum atomic E-state index is 0.843. The lowest BCUT2D eigenvalue weighted by molar-refractivity contribution is 0.633. The van der Waals surface area contributed by atoms with Gasteiger partial charge in [-0.2, -0.15) is 0 Å². The van der Waals surface area contributed by atoms with Crippen LogP contribution >= 0.6 is 0 Å². The normalized spacial score (nSPS) is 11.9. The summed E-state index contributed by atoms with van der Waals surface area (Å²) in [6, 6.07) is 56.0. The molecule has 0 unspecified atom stereocenters. The van der Waals surface area contributed by atoms with Gasteiger partial charge in [-0.3, -0.25) is 0 Å². The van der Waals surface area contributed by atoms with Gasteiger partial charge in [-0.1, -0.05) is 140 Å². The van der Waals surface area contributed by atoms with Crippen LogP contribution in [-0.2, 0) is 0 Å². The van der Waals surface area contributed by atoms with Gasteiger partial charge in [0.1, 0.15) is 22.5 Å². The Hall–Kier alpha value is -6.12. The van der Waals surface area contributed by atoms with E-state index in [1.54, 1.807) is 0 Å². The second kappa shape index (κ2) is 9.69. The first-order valence-electron chi connectivity index (χ1n) is 15.7. The van der Waals surface area contributed by atoms with Crippen LogP contribution in [-0.4, -0.2) is 0 Å². The van der Waals surface area contributed by atoms with Gasteiger partial charge >= 0.3 is 0 Å². The summed E-state index contributed by atoms with van der Waals surface area (Å²) < 4.78 is 13.4. The molecule has 0 atom stereocenters. The van der Waals surface area contributed by atoms with Crippen LogP contribution in [0.2, 0.25) is 0 Å². The third kappa shape index (κ3) is 3.59. The molecule has 0 amide bonds. The summed E-state index contributed by atoms with van der Waals surface area (Å²) in [6.45, 7) is 0. The van der Waals surface area contributed by atoms with E-state index in [-0.39, 0.29) is 0 Å². The van der Waals surface area contributed by atoms with Crippen molar-refractivity contribution < 1.29 is 8.83 Å². The highest BCUT2D eigenvalue weighted by molar-refractivity contribution is 6.28. The van der Waals surface area contributed by atoms with Gasteiger partial charge in [-0.05, 0) is 61.6 Å². The molecule has 10 aromatic rings. The Morgan fingerprint density at radius 3 is 1.63 bits per heavy atom. The summed E-state index contributed by atoms with van der Waals surface area (Å²) >= 11 is 0. The highest BCUT2D eigenvalue weighted by Gasteiger charge is 2.24. The van der Waals surface area contributed by atoms with E-state index >= 15 is 0 Å². The molecule has 0 aliphatic heterocycles. The third-order valence-corrected chi connectivity index (χ3v) is 9.45. The maximum absolute atomic E-state index is 6.77. The Labute approximate surface area is 264 Å². The SMILES string of the molecule is c1ccc(-c2cc3cc(-c4c5ccccc5c(-c5cccc6ccccc56)c5ccccc45)c4oc5ccccc5c4c3o2)cc1. The molecule has 10 rings (SSSR count). The van der Waals surface area contributed by atoms with E-state index in [1.807, 2.05) is 30.3 Å². The number of hydrogen-bond donors (Lipinski definition) is 0. The van der Waals surface area contributed by atoms with Crippen LogP contribution in [0, 0.1) is 0 Å². The molecule has 2 nitrogen and oxygen atoms in total. The van der Waals surface area contributed by atoms with Crippen molar-refractivity contribution >= 4 is 65.2 Å². The summed E-state index contributed by atoms with van der Waals surface area (Å²) in [6.07, 6.45) is 0. The van der Waals surface area contributed by atoms with Gasteiger partial charge in [0, 0.05) is 27.5 Å². The Morgan fingerprint density at radius 2 is 0.913 bits per heavy atom. The van der Waals surface area contributed by atoms with Gasteiger partial charge in [0.15, 0.2) is 0 Å². The first-order valence-corrected chi connectivity index (χ1v) is 15.7. The molecule has 2 heterocycles. The van der Waals surface area contributed by atoms with Crippen molar-refractivity contribution in [2.24, 2.45) is 0 Å². The summed E-state index contributed by atoms with van der Waals surface area (Å²) in [5.74, 6) is 0.848. The number of benzene rings is 8. The first-order chi connectivity index (χ1) is 22.8. The largest absolute Gasteiger partial charge is 0.455 e. The standard InChI is InChI=1S/C44H26O2/c1-2-14-28(15-3-1)39-26-29-25-37(44-42(43(29)46-39)36-22-10-11-24-38(36)45-44)41-34-20-8-6-18-32(34)40(33-19-7-9-21-35(33)41)31-23-12-16-27-13-4-5-17-30(27)31/h1-26H. The smallest absolute Gasteiger partial charge is 0.147 e. The summed E-state index contributed by atoms with van der Waals surface area (Å²) in [5.41, 5.74) is 8.33. The van der Waals surface area contributed by atoms with Gasteiger partial charge in [0.2, 0.25) is 0 Å². The van der Waals surface area contributed by atoms with Crippen LogP contribution in [0.15, 0.2) is 167 Å². The Balaban J connectivity index is 1.38. The van der Waals surface area contributed by atoms with Gasteiger partial charge < -0.3 is 8.83 Å². The molecule has 214 valence electrons. The lowest BCUT2D eigenvalue weighted by Gasteiger charge is -2.19. The summed E-state index contributed by atoms with van der Waals surface area (Å²) in [5, 5.41) is 10.4. The fraction of sp³-hybridized carbons (Fsp3) is 0. The van der Waals surface area contributed by atoms with E-state index in [9.17, 15) is 0 Å². The zero-order chi connectivity index (χ0) is 30.2. The molecule has 0 fully saturated rings. The Morgan fingerprint density at radius 1 is 0.348 bits per heavy atom. The van der Waals surface area contributed by atoms with E-state index in [4.69, 9.17) is 8.83 Å². The number of furan rings is 2. The fourth-order valence-electron chi connectivity index (χ4n) is 7.47. The second-order valence-electron chi connectivity index (χ2n) is 12.0. The van der Waals surface area contributed by atoms with E-state index in [1.165, 1.54) is 49.0 Å². The molecular formula is C44H26O2. The van der Waals surface area contributed by atoms with Crippen molar-refractivity contribution in [3.63, 3.8) is 0 Å². The number of fused-ring (bicyclic) bond motifs is 8. The van der Waals surface area contributed by atoms with E-state index in [0.29, 0.717) is 0 Å². The van der Waals surface area contributed by atoms with Crippen molar-refractivity contribution in [3.05, 3.63) is 158 Å². The lowest BCUT2D eigenvalue weighted by atomic mass is 9.84. The molecule has 8 aromatic carbocycles. The van der Waals surface area contributed by atoms with Gasteiger partial charge in [-0.25, -0.2) is 0 Å². The van der Waals surface area contributed by atoms with Gasteiger partial charge in [-0.15, -0.1) is 0 Å². The van der Waals surface area contributed by atoms with Crippen molar-refractivity contribution in [1.29, 1.82) is 0 Å². The highest BCUT2D eigenvalue weighted by Crippen LogP contribution is 2.49. The molecule has 0 spiro atoms. The van der Waals surface area contributed by atoms with Crippen molar-refractivity contribution in [2.75, 3.05) is 0 Å². The maximum atomic E-state index is 6.77. The molecule has 0 aliphatic rings. The Bertz CT molecular complexity index is 2740. The molecule has 2 heteroatoms. The van der Waals surface area contributed by atoms with Crippen molar-refractivity contribution in [1.82, 2.24) is 0 Å². The first kappa shape index (κ1) is 25.2. The van der Waals surface area contributed by atoms with Crippen molar-refractivity contribution in [3.8, 4) is 33.6 Å². The fourth-order valence-corrected chi connectivity index (χ4v) is 7.47. The van der Waals surface area contributed by atoms with Crippen LogP contribution in [0.4, 0.5) is 0 Å². The topological polar surface area (TPSA) is 26.3 Å². The predicted molar refractivity (Wildman–Crippen MR) is 192 cm³/mol. The maximum Gasteiger partial charge on any atom is 0.147 e. The zero-order valence-electron chi connectivity index (χ0n) is 24.8. The van der Waals surface area contributed by atoms with Gasteiger partial charge in [0.05, 0.1) is 5.39 Å². The van der Waals surface area contributed by atoms with E-state index < -0.39 is 0 Å². The Kier molecular flexibility index (Phi) is 5.31. The molecule has 0 bridgehead atoms. The van der Waals surface area contributed by atoms with Gasteiger partial charge in [0.25, 0.3) is 0 Å². The molecule has 0 aliphatic carbocycles. The zero-order valence-corrected chi connectivity index (χ0v) is 24.8. The second-order valence-corrected chi connectivity index (χ2v) is 12.0. The minimum Gasteiger partial charge on any atom is -0.455 e. The van der Waals surface area contributed by atoms with Crippen LogP contribution in [0.1, 0.15) is 0 Å². The number of hydrogen-bond acceptors (Lipinski definition) is 2. The summed E-state index contributed by atoms with van der Waals surface area (Å²) in [4.78, 5) is 0. The monoisotopic (exact) mass is 586 g/mol. The molecule has 0 saturated heterocycles. The van der Waals surface area contributed by atoms with Crippen LogP contribution in [0.3, 0.4) is 0 Å². The third-order valence-electron chi connectivity index (χ3n) is 9.45. The minimum absolute atomic E-state index is 0.843. The van der Waals surface area contributed by atoms with E-state index in [0.717, 1.165) is 49.8 Å². The summed E-state index contributed by atoms with van der Waals surface area (Å²) in [7, 11) is 0. The quantitative estimate of drug-likeness (QED) is 0.193. The molecule has 0 N–H and O–H groups in total. The average Bonchev–Trinajstić information content (AvgIpc) is 3.73. The van der Waals surface area contributed by atoms with Crippen molar-refractivity contribution in [2.45, 2.75) is 0 Å². The van der Waals surface area contributed by atoms with E-state index in [2.05, 4.69) is 127 Å². The van der Waals surface area contributed by atoms with Crippen LogP contribution in [0.25, 0.3) is 98.8 Å². The number of rotatable bonds is 3. The van der Waals surface area contributed by atoms with Crippen LogP contribution < -0.4 is 0 Å². The predicted octanol–water partition coefficient (Wildman–Crippen LogP) is 12.8. The molecule has 2 aromatic heterocycles. The number of para-hydroxylation sites is 1. The average molecular weight is 587 g/mol. The molecule has 46 heavy (non-hydrogen) atoms. The van der Waals surface area contributed by atoms with Crippen LogP contribution in [0.5, 0.6) is 0 Å². The molecule has 0 saturated carbocycles. The molecule has 0 radical (unpaired) electrons. The highest BCUT2D eigenvalue weighted by atomic mass is 16.3. The lowest BCUT2D eigenvalue weighted by Crippen LogP contribution is -1.92. The molecular weight excluding hydrogens is 560 g/mol.